The van der Waals surface area contributed by atoms with Crippen LogP contribution in [-0.2, 0) is 4.79 Å². The molecule has 2 rings (SSSR count). The quantitative estimate of drug-likeness (QED) is 0.674. The van der Waals surface area contributed by atoms with Gasteiger partial charge in [-0.25, -0.2) is 0 Å². The average molecular weight is 319 g/mol. The van der Waals surface area contributed by atoms with Gasteiger partial charge in [-0.2, -0.15) is 0 Å². The number of rotatable bonds is 8. The van der Waals surface area contributed by atoms with Crippen LogP contribution in [0.25, 0.3) is 0 Å². The Labute approximate surface area is 138 Å². The van der Waals surface area contributed by atoms with E-state index in [0.717, 1.165) is 44.5 Å². The molecule has 5 nitrogen and oxygen atoms in total. The monoisotopic (exact) mass is 319 g/mol. The molecule has 0 spiro atoms. The summed E-state index contributed by atoms with van der Waals surface area (Å²) in [6.07, 6.45) is 2.99. The molecule has 0 aliphatic carbocycles. The Hall–Kier alpha value is -1.43. The number of carbonyl (C=O) groups excluding carboxylic acids is 1. The number of nitrogens with zero attached hydrogens (tertiary/aromatic N) is 1. The second-order valence-corrected chi connectivity index (χ2v) is 6.37. The zero-order valence-electron chi connectivity index (χ0n) is 13.8. The van der Waals surface area contributed by atoms with Gasteiger partial charge in [0.05, 0.1) is 6.10 Å². The summed E-state index contributed by atoms with van der Waals surface area (Å²) < 4.78 is 0. The van der Waals surface area contributed by atoms with Crippen LogP contribution in [0.3, 0.4) is 0 Å². The summed E-state index contributed by atoms with van der Waals surface area (Å²) in [7, 11) is 0. The third kappa shape index (κ3) is 6.29. The highest BCUT2D eigenvalue weighted by atomic mass is 16.3. The number of aliphatic hydroxyl groups is 1. The third-order valence-electron chi connectivity index (χ3n) is 4.52. The minimum absolute atomic E-state index is 0.109. The molecular weight excluding hydrogens is 290 g/mol. The van der Waals surface area contributed by atoms with Crippen LogP contribution in [0.2, 0.25) is 0 Å². The number of piperidine rings is 1. The molecule has 0 radical (unpaired) electrons. The largest absolute Gasteiger partial charge is 0.387 e. The van der Waals surface area contributed by atoms with Crippen LogP contribution in [0.5, 0.6) is 0 Å². The lowest BCUT2D eigenvalue weighted by molar-refractivity contribution is -0.121. The third-order valence-corrected chi connectivity index (χ3v) is 4.52. The van der Waals surface area contributed by atoms with Crippen LogP contribution in [0.15, 0.2) is 30.3 Å². The topological polar surface area (TPSA) is 78.6 Å². The number of likely N-dealkylation sites (tertiary alicyclic amines) is 1. The van der Waals surface area contributed by atoms with Crippen molar-refractivity contribution >= 4 is 5.91 Å². The summed E-state index contributed by atoms with van der Waals surface area (Å²) in [4.78, 5) is 13.9. The van der Waals surface area contributed by atoms with E-state index in [0.29, 0.717) is 25.4 Å². The fraction of sp³-hybridized carbons (Fsp3) is 0.611. The number of hydrogen-bond acceptors (Lipinski definition) is 4. The molecule has 4 N–H and O–H groups in total. The van der Waals surface area contributed by atoms with Gasteiger partial charge in [-0.3, -0.25) is 4.79 Å². The van der Waals surface area contributed by atoms with Gasteiger partial charge in [0, 0.05) is 19.5 Å². The predicted molar refractivity (Wildman–Crippen MR) is 91.9 cm³/mol. The minimum atomic E-state index is -0.427. The van der Waals surface area contributed by atoms with E-state index in [1.165, 1.54) is 0 Å². The molecule has 1 unspecified atom stereocenters. The minimum Gasteiger partial charge on any atom is -0.387 e. The number of β-amino-alcohol motifs (C(OH)–C–C–N with tert-alkyl or cyclic N) is 1. The zero-order valence-corrected chi connectivity index (χ0v) is 13.8. The van der Waals surface area contributed by atoms with Crippen LogP contribution in [-0.4, -0.2) is 48.6 Å². The average Bonchev–Trinajstić information content (AvgIpc) is 2.60. The molecule has 1 aliphatic heterocycles. The number of aliphatic hydroxyl groups excluding tert-OH is 1. The molecule has 23 heavy (non-hydrogen) atoms. The van der Waals surface area contributed by atoms with E-state index in [1.807, 2.05) is 30.3 Å². The van der Waals surface area contributed by atoms with Crippen LogP contribution in [0.4, 0.5) is 0 Å². The molecule has 1 aromatic rings. The molecule has 1 atom stereocenters. The lowest BCUT2D eigenvalue weighted by atomic mass is 9.96. The molecule has 1 saturated heterocycles. The highest BCUT2D eigenvalue weighted by molar-refractivity contribution is 5.75. The number of carbonyl (C=O) groups is 1. The first kappa shape index (κ1) is 17.9. The molecular formula is C18H29N3O2. The van der Waals surface area contributed by atoms with E-state index in [1.54, 1.807) is 0 Å². The number of amides is 1. The zero-order chi connectivity index (χ0) is 16.5. The Kier molecular flexibility index (Phi) is 7.52. The maximum absolute atomic E-state index is 11.6. The Balaban J connectivity index is 1.65. The molecule has 1 heterocycles. The Morgan fingerprint density at radius 2 is 2.00 bits per heavy atom. The Morgan fingerprint density at radius 1 is 1.30 bits per heavy atom. The highest BCUT2D eigenvalue weighted by Crippen LogP contribution is 2.20. The molecule has 1 amide bonds. The number of hydrogen-bond donors (Lipinski definition) is 3. The first-order valence-electron chi connectivity index (χ1n) is 8.61. The van der Waals surface area contributed by atoms with Crippen molar-refractivity contribution in [2.45, 2.75) is 31.8 Å². The smallest absolute Gasteiger partial charge is 0.220 e. The molecule has 1 aliphatic rings. The summed E-state index contributed by atoms with van der Waals surface area (Å²) in [5, 5.41) is 13.3. The van der Waals surface area contributed by atoms with Gasteiger partial charge in [-0.1, -0.05) is 30.3 Å². The maximum atomic E-state index is 11.6. The van der Waals surface area contributed by atoms with Crippen molar-refractivity contribution in [3.05, 3.63) is 35.9 Å². The fourth-order valence-corrected chi connectivity index (χ4v) is 3.01. The van der Waals surface area contributed by atoms with Gasteiger partial charge in [0.15, 0.2) is 0 Å². The van der Waals surface area contributed by atoms with Crippen molar-refractivity contribution in [2.75, 3.05) is 32.7 Å². The molecule has 1 fully saturated rings. The van der Waals surface area contributed by atoms with Gasteiger partial charge in [0.25, 0.3) is 0 Å². The van der Waals surface area contributed by atoms with Crippen molar-refractivity contribution in [3.63, 3.8) is 0 Å². The number of nitrogens with two attached hydrogens (primary N) is 1. The summed E-state index contributed by atoms with van der Waals surface area (Å²) in [5.41, 5.74) is 6.38. The second kappa shape index (κ2) is 9.65. The first-order valence-corrected chi connectivity index (χ1v) is 8.61. The lowest BCUT2D eigenvalue weighted by Crippen LogP contribution is -2.40. The maximum Gasteiger partial charge on any atom is 0.220 e. The highest BCUT2D eigenvalue weighted by Gasteiger charge is 2.21. The van der Waals surface area contributed by atoms with Crippen LogP contribution in [0, 0.1) is 5.92 Å². The van der Waals surface area contributed by atoms with Gasteiger partial charge >= 0.3 is 0 Å². The van der Waals surface area contributed by atoms with E-state index in [4.69, 9.17) is 5.73 Å². The van der Waals surface area contributed by atoms with Crippen molar-refractivity contribution in [1.82, 2.24) is 10.2 Å². The van der Waals surface area contributed by atoms with Crippen molar-refractivity contribution in [2.24, 2.45) is 11.7 Å². The Bertz CT molecular complexity index is 459. The standard InChI is InChI=1S/C18H29N3O2/c19-10-4-7-18(23)20-13-15-8-11-21(12-9-15)14-17(22)16-5-2-1-3-6-16/h1-3,5-6,15,17,22H,4,7-14,19H2,(H,20,23). The van der Waals surface area contributed by atoms with Crippen molar-refractivity contribution < 1.29 is 9.90 Å². The summed E-state index contributed by atoms with van der Waals surface area (Å²) in [6.45, 7) is 3.97. The fourth-order valence-electron chi connectivity index (χ4n) is 3.01. The Morgan fingerprint density at radius 3 is 2.65 bits per heavy atom. The lowest BCUT2D eigenvalue weighted by Gasteiger charge is -2.33. The van der Waals surface area contributed by atoms with Gasteiger partial charge < -0.3 is 21.1 Å². The van der Waals surface area contributed by atoms with Gasteiger partial charge in [0.2, 0.25) is 5.91 Å². The molecule has 0 aromatic heterocycles. The number of nitrogens with one attached hydrogen (secondary N) is 1. The first-order chi connectivity index (χ1) is 11.2. The van der Waals surface area contributed by atoms with Crippen molar-refractivity contribution in [3.8, 4) is 0 Å². The molecule has 1 aromatic carbocycles. The SMILES string of the molecule is NCCCC(=O)NCC1CCN(CC(O)c2ccccc2)CC1. The van der Waals surface area contributed by atoms with Gasteiger partial charge in [-0.05, 0) is 50.4 Å². The van der Waals surface area contributed by atoms with E-state index in [2.05, 4.69) is 10.2 Å². The van der Waals surface area contributed by atoms with Gasteiger partial charge in [0.1, 0.15) is 0 Å². The van der Waals surface area contributed by atoms with E-state index in [-0.39, 0.29) is 5.91 Å². The molecule has 0 bridgehead atoms. The summed E-state index contributed by atoms with van der Waals surface area (Å²) in [6, 6.07) is 9.81. The predicted octanol–water partition coefficient (Wildman–Crippen LogP) is 1.29. The summed E-state index contributed by atoms with van der Waals surface area (Å²) >= 11 is 0. The van der Waals surface area contributed by atoms with Gasteiger partial charge in [-0.15, -0.1) is 0 Å². The van der Waals surface area contributed by atoms with E-state index >= 15 is 0 Å². The van der Waals surface area contributed by atoms with E-state index in [9.17, 15) is 9.90 Å². The normalized spacial score (nSPS) is 17.8. The second-order valence-electron chi connectivity index (χ2n) is 6.37. The van der Waals surface area contributed by atoms with Crippen LogP contribution >= 0.6 is 0 Å². The molecule has 0 saturated carbocycles. The van der Waals surface area contributed by atoms with Crippen molar-refractivity contribution in [1.29, 1.82) is 0 Å². The molecule has 5 heteroatoms. The number of benzene rings is 1. The van der Waals surface area contributed by atoms with Crippen LogP contribution in [0.1, 0.15) is 37.4 Å². The van der Waals surface area contributed by atoms with E-state index < -0.39 is 6.10 Å². The summed E-state index contributed by atoms with van der Waals surface area (Å²) in [5.74, 6) is 0.652. The molecule has 128 valence electrons. The van der Waals surface area contributed by atoms with Crippen LogP contribution < -0.4 is 11.1 Å².